The van der Waals surface area contributed by atoms with Crippen molar-refractivity contribution in [3.63, 3.8) is 0 Å². The van der Waals surface area contributed by atoms with Crippen molar-refractivity contribution in [1.29, 1.82) is 0 Å². The number of hydrogen-bond acceptors (Lipinski definition) is 4. The van der Waals surface area contributed by atoms with Crippen molar-refractivity contribution in [1.82, 2.24) is 10.2 Å². The maximum atomic E-state index is 5.73. The molecule has 104 valence electrons. The van der Waals surface area contributed by atoms with E-state index in [2.05, 4.69) is 22.3 Å². The Morgan fingerprint density at radius 2 is 1.84 bits per heavy atom. The van der Waals surface area contributed by atoms with Crippen LogP contribution in [-0.2, 0) is 6.42 Å². The summed E-state index contributed by atoms with van der Waals surface area (Å²) >= 11 is 0. The fourth-order valence-electron chi connectivity index (χ4n) is 2.59. The first-order chi connectivity index (χ1) is 9.42. The molecular weight excluding hydrogens is 240 g/mol. The average molecular weight is 262 g/mol. The molecule has 0 atom stereocenters. The molecule has 1 saturated heterocycles. The molecule has 0 bridgehead atoms. The lowest BCUT2D eigenvalue weighted by Crippen LogP contribution is -2.44. The van der Waals surface area contributed by atoms with Crippen LogP contribution in [0, 0.1) is 0 Å². The predicted octanol–water partition coefficient (Wildman–Crippen LogP) is 1.30. The molecule has 0 unspecified atom stereocenters. The second-order valence-electron chi connectivity index (χ2n) is 5.17. The highest BCUT2D eigenvalue weighted by Crippen LogP contribution is 2.30. The molecule has 0 aliphatic carbocycles. The highest BCUT2D eigenvalue weighted by Gasteiger charge is 2.12. The van der Waals surface area contributed by atoms with Gasteiger partial charge in [0.15, 0.2) is 11.5 Å². The lowest BCUT2D eigenvalue weighted by Gasteiger charge is -2.27. The number of ether oxygens (including phenoxy) is 2. The van der Waals surface area contributed by atoms with Gasteiger partial charge in [-0.25, -0.2) is 0 Å². The standard InChI is InChI=1S/C15H22N2O2/c1-10-18-14-3-2-13(12-15(14)19-11-1)4-7-17-8-5-16-6-9-17/h2-3,12,16H,1,4-11H2. The van der Waals surface area contributed by atoms with Crippen molar-refractivity contribution in [2.24, 2.45) is 0 Å². The molecule has 4 heteroatoms. The fraction of sp³-hybridized carbons (Fsp3) is 0.600. The van der Waals surface area contributed by atoms with Gasteiger partial charge in [0.05, 0.1) is 13.2 Å². The first-order valence-electron chi connectivity index (χ1n) is 7.23. The molecule has 0 radical (unpaired) electrons. The summed E-state index contributed by atoms with van der Waals surface area (Å²) in [5.41, 5.74) is 1.34. The second kappa shape index (κ2) is 6.26. The van der Waals surface area contributed by atoms with Gasteiger partial charge in [-0.3, -0.25) is 0 Å². The Morgan fingerprint density at radius 1 is 1.05 bits per heavy atom. The fourth-order valence-corrected chi connectivity index (χ4v) is 2.59. The summed E-state index contributed by atoms with van der Waals surface area (Å²) in [5, 5.41) is 3.38. The largest absolute Gasteiger partial charge is 0.490 e. The predicted molar refractivity (Wildman–Crippen MR) is 75.1 cm³/mol. The van der Waals surface area contributed by atoms with Crippen molar-refractivity contribution >= 4 is 0 Å². The van der Waals surface area contributed by atoms with Gasteiger partial charge in [-0.05, 0) is 24.1 Å². The van der Waals surface area contributed by atoms with Gasteiger partial charge in [0.25, 0.3) is 0 Å². The molecular formula is C15H22N2O2. The van der Waals surface area contributed by atoms with E-state index in [1.165, 1.54) is 5.56 Å². The van der Waals surface area contributed by atoms with E-state index in [1.54, 1.807) is 0 Å². The minimum absolute atomic E-state index is 0.757. The van der Waals surface area contributed by atoms with Gasteiger partial charge in [0.2, 0.25) is 0 Å². The third-order valence-corrected chi connectivity index (χ3v) is 3.74. The van der Waals surface area contributed by atoms with Crippen LogP contribution in [0.15, 0.2) is 18.2 Å². The second-order valence-corrected chi connectivity index (χ2v) is 5.17. The van der Waals surface area contributed by atoms with Crippen LogP contribution in [0.1, 0.15) is 12.0 Å². The first-order valence-corrected chi connectivity index (χ1v) is 7.23. The van der Waals surface area contributed by atoms with Crippen molar-refractivity contribution in [3.8, 4) is 11.5 Å². The Hall–Kier alpha value is -1.26. The first kappa shape index (κ1) is 12.8. The number of piperazine rings is 1. The summed E-state index contributed by atoms with van der Waals surface area (Å²) in [6.07, 6.45) is 2.04. The Bertz CT molecular complexity index is 417. The van der Waals surface area contributed by atoms with E-state index in [9.17, 15) is 0 Å². The zero-order valence-corrected chi connectivity index (χ0v) is 11.4. The van der Waals surface area contributed by atoms with Crippen LogP contribution in [0.5, 0.6) is 11.5 Å². The molecule has 2 aliphatic heterocycles. The minimum atomic E-state index is 0.757. The van der Waals surface area contributed by atoms with E-state index >= 15 is 0 Å². The smallest absolute Gasteiger partial charge is 0.161 e. The van der Waals surface area contributed by atoms with Crippen LogP contribution in [0.2, 0.25) is 0 Å². The Balaban J connectivity index is 1.60. The molecule has 1 aromatic rings. The van der Waals surface area contributed by atoms with Crippen LogP contribution < -0.4 is 14.8 Å². The quantitative estimate of drug-likeness (QED) is 0.890. The molecule has 2 heterocycles. The number of hydrogen-bond donors (Lipinski definition) is 1. The van der Waals surface area contributed by atoms with Crippen LogP contribution in [0.4, 0.5) is 0 Å². The monoisotopic (exact) mass is 262 g/mol. The number of nitrogens with zero attached hydrogens (tertiary/aromatic N) is 1. The SMILES string of the molecule is c1cc2c(cc1CCN1CCNCC1)OCCCO2. The van der Waals surface area contributed by atoms with Gasteiger partial charge in [-0.1, -0.05) is 6.07 Å². The van der Waals surface area contributed by atoms with E-state index in [-0.39, 0.29) is 0 Å². The summed E-state index contributed by atoms with van der Waals surface area (Å²) < 4.78 is 11.4. The van der Waals surface area contributed by atoms with Crippen molar-refractivity contribution in [2.75, 3.05) is 45.9 Å². The highest BCUT2D eigenvalue weighted by molar-refractivity contribution is 5.43. The topological polar surface area (TPSA) is 33.7 Å². The molecule has 19 heavy (non-hydrogen) atoms. The van der Waals surface area contributed by atoms with Gasteiger partial charge in [0, 0.05) is 39.1 Å². The summed E-state index contributed by atoms with van der Waals surface area (Å²) in [4.78, 5) is 2.51. The molecule has 0 spiro atoms. The summed E-state index contributed by atoms with van der Waals surface area (Å²) in [6, 6.07) is 6.35. The van der Waals surface area contributed by atoms with E-state index in [1.807, 2.05) is 6.07 Å². The third-order valence-electron chi connectivity index (χ3n) is 3.74. The van der Waals surface area contributed by atoms with Crippen LogP contribution >= 0.6 is 0 Å². The lowest BCUT2D eigenvalue weighted by atomic mass is 10.1. The minimum Gasteiger partial charge on any atom is -0.490 e. The van der Waals surface area contributed by atoms with Crippen molar-refractivity contribution < 1.29 is 9.47 Å². The zero-order chi connectivity index (χ0) is 12.9. The van der Waals surface area contributed by atoms with Gasteiger partial charge in [-0.15, -0.1) is 0 Å². The van der Waals surface area contributed by atoms with E-state index in [4.69, 9.17) is 9.47 Å². The Labute approximate surface area is 114 Å². The average Bonchev–Trinajstić information content (AvgIpc) is 2.71. The Kier molecular flexibility index (Phi) is 4.20. The van der Waals surface area contributed by atoms with E-state index in [0.717, 1.165) is 70.3 Å². The zero-order valence-electron chi connectivity index (χ0n) is 11.4. The molecule has 1 N–H and O–H groups in total. The van der Waals surface area contributed by atoms with Gasteiger partial charge >= 0.3 is 0 Å². The molecule has 1 aromatic carbocycles. The van der Waals surface area contributed by atoms with Gasteiger partial charge in [0.1, 0.15) is 0 Å². The molecule has 1 fully saturated rings. The highest BCUT2D eigenvalue weighted by atomic mass is 16.5. The maximum absolute atomic E-state index is 5.73. The summed E-state index contributed by atoms with van der Waals surface area (Å²) in [6.45, 7) is 7.18. The molecule has 0 amide bonds. The number of rotatable bonds is 3. The molecule has 4 nitrogen and oxygen atoms in total. The van der Waals surface area contributed by atoms with Crippen LogP contribution in [0.25, 0.3) is 0 Å². The number of benzene rings is 1. The lowest BCUT2D eigenvalue weighted by molar-refractivity contribution is 0.243. The number of fused-ring (bicyclic) bond motifs is 1. The van der Waals surface area contributed by atoms with Crippen molar-refractivity contribution in [2.45, 2.75) is 12.8 Å². The number of nitrogens with one attached hydrogen (secondary N) is 1. The van der Waals surface area contributed by atoms with Gasteiger partial charge in [-0.2, -0.15) is 0 Å². The van der Waals surface area contributed by atoms with Crippen LogP contribution in [-0.4, -0.2) is 50.8 Å². The molecule has 0 aromatic heterocycles. The Morgan fingerprint density at radius 3 is 2.68 bits per heavy atom. The molecule has 3 rings (SSSR count). The van der Waals surface area contributed by atoms with Crippen LogP contribution in [0.3, 0.4) is 0 Å². The third kappa shape index (κ3) is 3.39. The normalized spacial score (nSPS) is 20.0. The summed E-state index contributed by atoms with van der Waals surface area (Å²) in [5.74, 6) is 1.80. The summed E-state index contributed by atoms with van der Waals surface area (Å²) in [7, 11) is 0. The van der Waals surface area contributed by atoms with E-state index in [0.29, 0.717) is 0 Å². The molecule has 2 aliphatic rings. The molecule has 0 saturated carbocycles. The van der Waals surface area contributed by atoms with E-state index < -0.39 is 0 Å². The van der Waals surface area contributed by atoms with Crippen molar-refractivity contribution in [3.05, 3.63) is 23.8 Å². The van der Waals surface area contributed by atoms with Gasteiger partial charge < -0.3 is 19.7 Å². The maximum Gasteiger partial charge on any atom is 0.161 e.